The van der Waals surface area contributed by atoms with Crippen molar-refractivity contribution in [1.29, 1.82) is 0 Å². The van der Waals surface area contributed by atoms with Crippen LogP contribution >= 0.6 is 0 Å². The zero-order valence-electron chi connectivity index (χ0n) is 13.6. The van der Waals surface area contributed by atoms with Crippen LogP contribution in [0.2, 0.25) is 0 Å². The number of aromatic nitrogens is 3. The molecule has 0 bridgehead atoms. The first-order chi connectivity index (χ1) is 11.4. The topological polar surface area (TPSA) is 94.0 Å². The second-order valence-electron chi connectivity index (χ2n) is 6.51. The summed E-state index contributed by atoms with van der Waals surface area (Å²) in [5.74, 6) is -0.410. The summed E-state index contributed by atoms with van der Waals surface area (Å²) in [7, 11) is -3.93. The quantitative estimate of drug-likeness (QED) is 0.854. The fraction of sp³-hybridized carbons (Fsp3) is 0.438. The molecule has 1 N–H and O–H groups in total. The minimum Gasteiger partial charge on any atom is -0.336 e. The van der Waals surface area contributed by atoms with E-state index in [4.69, 9.17) is 0 Å². The van der Waals surface area contributed by atoms with Crippen molar-refractivity contribution in [2.75, 3.05) is 0 Å². The average molecular weight is 348 g/mol. The minimum atomic E-state index is -3.93. The van der Waals surface area contributed by atoms with E-state index in [2.05, 4.69) is 14.7 Å². The third-order valence-corrected chi connectivity index (χ3v) is 5.17. The molecule has 0 unspecified atom stereocenters. The number of imidazole rings is 1. The van der Waals surface area contributed by atoms with Crippen LogP contribution in [0.1, 0.15) is 31.7 Å². The van der Waals surface area contributed by atoms with Crippen molar-refractivity contribution in [2.45, 2.75) is 37.8 Å². The van der Waals surface area contributed by atoms with Crippen LogP contribution in [0.15, 0.2) is 42.1 Å². The van der Waals surface area contributed by atoms with Crippen molar-refractivity contribution >= 4 is 15.9 Å². The average Bonchev–Trinajstić information content (AvgIpc) is 3.19. The van der Waals surface area contributed by atoms with Crippen molar-refractivity contribution in [3.8, 4) is 0 Å². The van der Waals surface area contributed by atoms with Gasteiger partial charge in [0.25, 0.3) is 10.0 Å². The lowest BCUT2D eigenvalue weighted by Gasteiger charge is -2.05. The number of nitrogens with zero attached hydrogens (tertiary/aromatic N) is 3. The Morgan fingerprint density at radius 2 is 2.25 bits per heavy atom. The highest BCUT2D eigenvalue weighted by molar-refractivity contribution is 7.90. The van der Waals surface area contributed by atoms with Gasteiger partial charge in [0.1, 0.15) is 0 Å². The summed E-state index contributed by atoms with van der Waals surface area (Å²) in [6.45, 7) is 4.73. The van der Waals surface area contributed by atoms with Gasteiger partial charge in [-0.2, -0.15) is 8.42 Å². The SMILES string of the molecule is CC(C)Cn1cnc(S(=O)(=O)NC(=O)[C@@H]2C[C@H]2c2cccnc2)c1. The number of hydrogen-bond acceptors (Lipinski definition) is 5. The molecule has 8 heteroatoms. The number of carbonyl (C=O) groups excluding carboxylic acids is 1. The number of rotatable bonds is 6. The lowest BCUT2D eigenvalue weighted by Crippen LogP contribution is -2.32. The van der Waals surface area contributed by atoms with E-state index in [0.717, 1.165) is 5.56 Å². The summed E-state index contributed by atoms with van der Waals surface area (Å²) in [5, 5.41) is -0.130. The first-order valence-corrected chi connectivity index (χ1v) is 9.33. The second kappa shape index (κ2) is 6.35. The van der Waals surface area contributed by atoms with Gasteiger partial charge < -0.3 is 4.57 Å². The van der Waals surface area contributed by atoms with Gasteiger partial charge in [0.15, 0.2) is 5.03 Å². The molecule has 0 radical (unpaired) electrons. The Morgan fingerprint density at radius 1 is 1.46 bits per heavy atom. The van der Waals surface area contributed by atoms with Crippen molar-refractivity contribution in [2.24, 2.45) is 11.8 Å². The van der Waals surface area contributed by atoms with Gasteiger partial charge in [0.05, 0.1) is 6.33 Å². The first kappa shape index (κ1) is 16.6. The van der Waals surface area contributed by atoms with Crippen LogP contribution in [0.5, 0.6) is 0 Å². The van der Waals surface area contributed by atoms with Gasteiger partial charge in [-0.25, -0.2) is 9.71 Å². The fourth-order valence-electron chi connectivity index (χ4n) is 2.71. The number of pyridine rings is 1. The summed E-state index contributed by atoms with van der Waals surface area (Å²) in [6, 6.07) is 3.70. The van der Waals surface area contributed by atoms with Crippen LogP contribution in [0.4, 0.5) is 0 Å². The van der Waals surface area contributed by atoms with Crippen molar-refractivity contribution < 1.29 is 13.2 Å². The molecular weight excluding hydrogens is 328 g/mol. The minimum absolute atomic E-state index is 0.0346. The van der Waals surface area contributed by atoms with Gasteiger partial charge in [-0.05, 0) is 29.9 Å². The molecule has 2 heterocycles. The van der Waals surface area contributed by atoms with E-state index in [-0.39, 0.29) is 16.9 Å². The summed E-state index contributed by atoms with van der Waals surface area (Å²) in [5.41, 5.74) is 0.955. The third kappa shape index (κ3) is 3.64. The Balaban J connectivity index is 1.65. The smallest absolute Gasteiger partial charge is 0.283 e. The molecule has 2 atom stereocenters. The van der Waals surface area contributed by atoms with Gasteiger partial charge in [-0.1, -0.05) is 19.9 Å². The molecule has 2 aromatic rings. The zero-order valence-corrected chi connectivity index (χ0v) is 14.4. The Kier molecular flexibility index (Phi) is 4.40. The number of carbonyl (C=O) groups is 1. The largest absolute Gasteiger partial charge is 0.336 e. The van der Waals surface area contributed by atoms with E-state index in [1.807, 2.05) is 19.9 Å². The lowest BCUT2D eigenvalue weighted by atomic mass is 10.1. The predicted octanol–water partition coefficient (Wildman–Crippen LogP) is 1.54. The van der Waals surface area contributed by atoms with Crippen molar-refractivity contribution in [3.63, 3.8) is 0 Å². The molecule has 0 saturated heterocycles. The molecular formula is C16H20N4O3S. The molecule has 1 saturated carbocycles. The highest BCUT2D eigenvalue weighted by atomic mass is 32.2. The number of sulfonamides is 1. The first-order valence-electron chi connectivity index (χ1n) is 7.85. The van der Waals surface area contributed by atoms with Gasteiger partial charge >= 0.3 is 0 Å². The maximum Gasteiger partial charge on any atom is 0.283 e. The normalized spacial score (nSPS) is 20.1. The van der Waals surface area contributed by atoms with E-state index in [1.165, 1.54) is 12.5 Å². The van der Waals surface area contributed by atoms with Crippen LogP contribution in [-0.2, 0) is 21.4 Å². The van der Waals surface area contributed by atoms with Crippen molar-refractivity contribution in [1.82, 2.24) is 19.3 Å². The molecule has 128 valence electrons. The van der Waals surface area contributed by atoms with Crippen LogP contribution in [0, 0.1) is 11.8 Å². The maximum absolute atomic E-state index is 12.3. The molecule has 0 aromatic carbocycles. The third-order valence-electron chi connectivity index (χ3n) is 3.94. The molecule has 0 spiro atoms. The van der Waals surface area contributed by atoms with Gasteiger partial charge in [0.2, 0.25) is 5.91 Å². The van der Waals surface area contributed by atoms with Gasteiger partial charge in [-0.3, -0.25) is 9.78 Å². The predicted molar refractivity (Wildman–Crippen MR) is 87.5 cm³/mol. The Bertz CT molecular complexity index is 830. The summed E-state index contributed by atoms with van der Waals surface area (Å²) in [4.78, 5) is 20.1. The number of hydrogen-bond donors (Lipinski definition) is 1. The molecule has 1 fully saturated rings. The monoisotopic (exact) mass is 348 g/mol. The second-order valence-corrected chi connectivity index (χ2v) is 8.14. The van der Waals surface area contributed by atoms with E-state index in [9.17, 15) is 13.2 Å². The molecule has 0 aliphatic heterocycles. The van der Waals surface area contributed by atoms with Crippen LogP contribution in [-0.4, -0.2) is 28.9 Å². The molecule has 2 aromatic heterocycles. The summed E-state index contributed by atoms with van der Waals surface area (Å²) >= 11 is 0. The Hall–Kier alpha value is -2.22. The van der Waals surface area contributed by atoms with Crippen LogP contribution < -0.4 is 4.72 Å². The molecule has 1 aliphatic carbocycles. The van der Waals surface area contributed by atoms with Gasteiger partial charge in [0, 0.05) is 31.1 Å². The van der Waals surface area contributed by atoms with E-state index in [0.29, 0.717) is 18.9 Å². The van der Waals surface area contributed by atoms with Gasteiger partial charge in [-0.15, -0.1) is 0 Å². The van der Waals surface area contributed by atoms with Crippen LogP contribution in [0.25, 0.3) is 0 Å². The van der Waals surface area contributed by atoms with E-state index < -0.39 is 15.9 Å². The lowest BCUT2D eigenvalue weighted by molar-refractivity contribution is -0.120. The number of amides is 1. The van der Waals surface area contributed by atoms with E-state index in [1.54, 1.807) is 23.0 Å². The number of nitrogens with one attached hydrogen (secondary N) is 1. The zero-order chi connectivity index (χ0) is 17.3. The Morgan fingerprint density at radius 3 is 2.92 bits per heavy atom. The molecule has 3 rings (SSSR count). The maximum atomic E-state index is 12.3. The molecule has 24 heavy (non-hydrogen) atoms. The highest BCUT2D eigenvalue weighted by Crippen LogP contribution is 2.47. The molecule has 7 nitrogen and oxygen atoms in total. The van der Waals surface area contributed by atoms with Crippen LogP contribution in [0.3, 0.4) is 0 Å². The summed E-state index contributed by atoms with van der Waals surface area (Å²) in [6.07, 6.45) is 6.92. The van der Waals surface area contributed by atoms with Crippen molar-refractivity contribution in [3.05, 3.63) is 42.6 Å². The Labute approximate surface area is 141 Å². The summed E-state index contributed by atoms with van der Waals surface area (Å²) < 4.78 is 28.4. The highest BCUT2D eigenvalue weighted by Gasteiger charge is 2.45. The fourth-order valence-corrected chi connectivity index (χ4v) is 3.69. The van der Waals surface area contributed by atoms with E-state index >= 15 is 0 Å². The molecule has 1 amide bonds. The molecule has 1 aliphatic rings. The standard InChI is InChI=1S/C16H20N4O3S/c1-11(2)8-20-9-15(18-10-20)24(22,23)19-16(21)14-6-13(14)12-4-3-5-17-7-12/h3-5,7,9-11,13-14H,6,8H2,1-2H3,(H,19,21)/t13-,14+/m0/s1.